The first-order valence-corrected chi connectivity index (χ1v) is 7.20. The van der Waals surface area contributed by atoms with Crippen LogP contribution in [0.2, 0.25) is 0 Å². The first-order chi connectivity index (χ1) is 9.72. The molecular formula is C17H14O2S. The van der Waals surface area contributed by atoms with Crippen LogP contribution >= 0.6 is 11.3 Å². The van der Waals surface area contributed by atoms with Crippen molar-refractivity contribution in [2.45, 2.75) is 6.92 Å². The number of hydrogen-bond acceptors (Lipinski definition) is 3. The van der Waals surface area contributed by atoms with Crippen LogP contribution in [0.15, 0.2) is 48.5 Å². The molecule has 0 fully saturated rings. The molecule has 0 saturated heterocycles. The van der Waals surface area contributed by atoms with E-state index in [1.165, 1.54) is 0 Å². The van der Waals surface area contributed by atoms with E-state index in [9.17, 15) is 4.79 Å². The van der Waals surface area contributed by atoms with E-state index in [0.717, 1.165) is 31.8 Å². The average Bonchev–Trinajstić information content (AvgIpc) is 2.87. The monoisotopic (exact) mass is 282 g/mol. The number of carbonyl (C=O) groups excluding carboxylic acids is 1. The molecular weight excluding hydrogens is 268 g/mol. The Kier molecular flexibility index (Phi) is 3.28. The van der Waals surface area contributed by atoms with Crippen molar-refractivity contribution in [3.8, 4) is 16.2 Å². The number of rotatable bonds is 3. The molecule has 2 aromatic carbocycles. The highest BCUT2D eigenvalue weighted by Gasteiger charge is 2.19. The summed E-state index contributed by atoms with van der Waals surface area (Å²) in [6.07, 6.45) is 0. The fourth-order valence-electron chi connectivity index (χ4n) is 2.40. The molecule has 0 unspecified atom stereocenters. The molecule has 0 N–H and O–H groups in total. The van der Waals surface area contributed by atoms with Crippen LogP contribution in [0.5, 0.6) is 5.75 Å². The van der Waals surface area contributed by atoms with Crippen LogP contribution in [0.1, 0.15) is 17.3 Å². The summed E-state index contributed by atoms with van der Waals surface area (Å²) in [6, 6.07) is 15.9. The molecule has 1 heterocycles. The van der Waals surface area contributed by atoms with Crippen LogP contribution in [0.25, 0.3) is 20.5 Å². The molecule has 0 bridgehead atoms. The molecule has 20 heavy (non-hydrogen) atoms. The number of ketones is 1. The predicted molar refractivity (Wildman–Crippen MR) is 83.8 cm³/mol. The Morgan fingerprint density at radius 1 is 1.05 bits per heavy atom. The lowest BCUT2D eigenvalue weighted by Gasteiger charge is -2.01. The van der Waals surface area contributed by atoms with Gasteiger partial charge >= 0.3 is 0 Å². The highest BCUT2D eigenvalue weighted by atomic mass is 32.1. The number of hydrogen-bond donors (Lipinski definition) is 0. The summed E-state index contributed by atoms with van der Waals surface area (Å²) in [5, 5.41) is 0.973. The number of Topliss-reactive ketones (excluding diaryl/α,β-unsaturated/α-hetero) is 1. The van der Waals surface area contributed by atoms with Gasteiger partial charge in [-0.15, -0.1) is 11.3 Å². The van der Waals surface area contributed by atoms with Crippen molar-refractivity contribution in [2.24, 2.45) is 0 Å². The minimum absolute atomic E-state index is 0.0864. The van der Waals surface area contributed by atoms with E-state index in [-0.39, 0.29) is 5.78 Å². The van der Waals surface area contributed by atoms with Crippen LogP contribution in [0.3, 0.4) is 0 Å². The second-order valence-corrected chi connectivity index (χ2v) is 5.59. The van der Waals surface area contributed by atoms with Gasteiger partial charge in [-0.1, -0.05) is 42.5 Å². The molecule has 2 nitrogen and oxygen atoms in total. The third kappa shape index (κ3) is 2.00. The molecule has 0 radical (unpaired) electrons. The van der Waals surface area contributed by atoms with E-state index in [2.05, 4.69) is 0 Å². The second-order valence-electron chi connectivity index (χ2n) is 4.57. The number of fused-ring (bicyclic) bond motifs is 1. The standard InChI is InChI=1S/C17H14O2S/c1-11(18)15-13-9-6-10-14(19-2)17(13)20-16(15)12-7-4-3-5-8-12/h3-10H,1-2H3. The van der Waals surface area contributed by atoms with Crippen molar-refractivity contribution in [1.29, 1.82) is 0 Å². The zero-order valence-electron chi connectivity index (χ0n) is 11.3. The summed E-state index contributed by atoms with van der Waals surface area (Å²) < 4.78 is 6.44. The van der Waals surface area contributed by atoms with Gasteiger partial charge in [-0.3, -0.25) is 4.79 Å². The van der Waals surface area contributed by atoms with Crippen molar-refractivity contribution < 1.29 is 9.53 Å². The van der Waals surface area contributed by atoms with Gasteiger partial charge in [0.15, 0.2) is 5.78 Å². The maximum absolute atomic E-state index is 12.1. The summed E-state index contributed by atoms with van der Waals surface area (Å²) in [7, 11) is 1.66. The van der Waals surface area contributed by atoms with Gasteiger partial charge in [0.2, 0.25) is 0 Å². The molecule has 0 saturated carbocycles. The average molecular weight is 282 g/mol. The number of thiophene rings is 1. The number of methoxy groups -OCH3 is 1. The Labute approximate surface area is 121 Å². The summed E-state index contributed by atoms with van der Waals surface area (Å²) in [5.41, 5.74) is 1.86. The van der Waals surface area contributed by atoms with Gasteiger partial charge < -0.3 is 4.74 Å². The lowest BCUT2D eigenvalue weighted by Crippen LogP contribution is -1.92. The van der Waals surface area contributed by atoms with E-state index < -0.39 is 0 Å². The van der Waals surface area contributed by atoms with E-state index in [1.807, 2.05) is 48.5 Å². The summed E-state index contributed by atoms with van der Waals surface area (Å²) >= 11 is 1.61. The van der Waals surface area contributed by atoms with Gasteiger partial charge in [0.1, 0.15) is 5.75 Å². The van der Waals surface area contributed by atoms with Crippen LogP contribution in [0.4, 0.5) is 0 Å². The van der Waals surface area contributed by atoms with Gasteiger partial charge in [-0.05, 0) is 18.6 Å². The Balaban J connectivity index is 2.37. The van der Waals surface area contributed by atoms with Gasteiger partial charge in [0.25, 0.3) is 0 Å². The highest BCUT2D eigenvalue weighted by molar-refractivity contribution is 7.23. The third-order valence-corrected chi connectivity index (χ3v) is 4.56. The molecule has 0 spiro atoms. The van der Waals surface area contributed by atoms with Crippen LogP contribution in [-0.4, -0.2) is 12.9 Å². The van der Waals surface area contributed by atoms with Crippen molar-refractivity contribution in [3.63, 3.8) is 0 Å². The molecule has 3 aromatic rings. The summed E-state index contributed by atoms with van der Waals surface area (Å²) in [5.74, 6) is 0.903. The number of carbonyl (C=O) groups is 1. The predicted octanol–water partition coefficient (Wildman–Crippen LogP) is 4.78. The minimum Gasteiger partial charge on any atom is -0.495 e. The fourth-order valence-corrected chi connectivity index (χ4v) is 3.74. The van der Waals surface area contributed by atoms with E-state index in [0.29, 0.717) is 0 Å². The maximum atomic E-state index is 12.1. The zero-order chi connectivity index (χ0) is 14.1. The molecule has 3 rings (SSSR count). The molecule has 100 valence electrons. The lowest BCUT2D eigenvalue weighted by atomic mass is 10.0. The van der Waals surface area contributed by atoms with E-state index in [1.54, 1.807) is 25.4 Å². The van der Waals surface area contributed by atoms with Crippen LogP contribution in [-0.2, 0) is 0 Å². The third-order valence-electron chi connectivity index (χ3n) is 3.29. The molecule has 0 aliphatic heterocycles. The maximum Gasteiger partial charge on any atom is 0.161 e. The molecule has 0 atom stereocenters. The Morgan fingerprint density at radius 2 is 1.80 bits per heavy atom. The minimum atomic E-state index is 0.0864. The Morgan fingerprint density at radius 3 is 2.45 bits per heavy atom. The summed E-state index contributed by atoms with van der Waals surface area (Å²) in [6.45, 7) is 1.62. The van der Waals surface area contributed by atoms with Crippen molar-refractivity contribution in [1.82, 2.24) is 0 Å². The van der Waals surface area contributed by atoms with Crippen LogP contribution in [0, 0.1) is 0 Å². The van der Waals surface area contributed by atoms with Crippen molar-refractivity contribution >= 4 is 27.2 Å². The molecule has 0 amide bonds. The molecule has 3 heteroatoms. The van der Waals surface area contributed by atoms with Gasteiger partial charge in [0.05, 0.1) is 11.8 Å². The Bertz CT molecular complexity index is 772. The van der Waals surface area contributed by atoms with E-state index in [4.69, 9.17) is 4.74 Å². The number of ether oxygens (including phenoxy) is 1. The topological polar surface area (TPSA) is 26.3 Å². The van der Waals surface area contributed by atoms with E-state index >= 15 is 0 Å². The molecule has 0 aliphatic rings. The zero-order valence-corrected chi connectivity index (χ0v) is 12.2. The normalized spacial score (nSPS) is 10.7. The highest BCUT2D eigenvalue weighted by Crippen LogP contribution is 2.42. The van der Waals surface area contributed by atoms with Crippen LogP contribution < -0.4 is 4.74 Å². The smallest absolute Gasteiger partial charge is 0.161 e. The largest absolute Gasteiger partial charge is 0.495 e. The quantitative estimate of drug-likeness (QED) is 0.646. The summed E-state index contributed by atoms with van der Waals surface area (Å²) in [4.78, 5) is 13.1. The first-order valence-electron chi connectivity index (χ1n) is 6.38. The molecule has 1 aromatic heterocycles. The Hall–Kier alpha value is -2.13. The first kappa shape index (κ1) is 12.9. The van der Waals surface area contributed by atoms with Crippen molar-refractivity contribution in [3.05, 3.63) is 54.1 Å². The van der Waals surface area contributed by atoms with Gasteiger partial charge in [0, 0.05) is 15.8 Å². The SMILES string of the molecule is COc1cccc2c(C(C)=O)c(-c3ccccc3)sc12. The van der Waals surface area contributed by atoms with Gasteiger partial charge in [-0.25, -0.2) is 0 Å². The second kappa shape index (κ2) is 5.10. The number of benzene rings is 2. The lowest BCUT2D eigenvalue weighted by molar-refractivity contribution is 0.102. The fraction of sp³-hybridized carbons (Fsp3) is 0.118. The van der Waals surface area contributed by atoms with Crippen molar-refractivity contribution in [2.75, 3.05) is 7.11 Å². The molecule has 0 aliphatic carbocycles. The van der Waals surface area contributed by atoms with Gasteiger partial charge in [-0.2, -0.15) is 0 Å².